The molecule has 1 aliphatic rings. The van der Waals surface area contributed by atoms with Gasteiger partial charge in [-0.3, -0.25) is 9.59 Å². The van der Waals surface area contributed by atoms with Gasteiger partial charge in [-0.05, 0) is 37.6 Å². The average Bonchev–Trinajstić information content (AvgIpc) is 3.33. The van der Waals surface area contributed by atoms with Gasteiger partial charge in [-0.1, -0.05) is 18.2 Å². The fourth-order valence-electron chi connectivity index (χ4n) is 3.43. The minimum absolute atomic E-state index is 0.00721. The molecule has 0 bridgehead atoms. The maximum absolute atomic E-state index is 12.4. The Morgan fingerprint density at radius 1 is 1.26 bits per heavy atom. The predicted octanol–water partition coefficient (Wildman–Crippen LogP) is 2.66. The molecule has 27 heavy (non-hydrogen) atoms. The summed E-state index contributed by atoms with van der Waals surface area (Å²) in [5.74, 6) is 0.440. The van der Waals surface area contributed by atoms with Gasteiger partial charge in [0, 0.05) is 38.3 Å². The van der Waals surface area contributed by atoms with Crippen LogP contribution in [0.15, 0.2) is 53.1 Å². The van der Waals surface area contributed by atoms with E-state index in [9.17, 15) is 9.59 Å². The van der Waals surface area contributed by atoms with Gasteiger partial charge in [0.2, 0.25) is 11.8 Å². The second-order valence-corrected chi connectivity index (χ2v) is 6.81. The Hall–Kier alpha value is -2.76. The quantitative estimate of drug-likeness (QED) is 0.690. The second kappa shape index (κ2) is 9.26. The summed E-state index contributed by atoms with van der Waals surface area (Å²) in [7, 11) is 0. The molecule has 0 spiro atoms. The lowest BCUT2D eigenvalue weighted by molar-refractivity contribution is -0.129. The van der Waals surface area contributed by atoms with E-state index in [2.05, 4.69) is 29.3 Å². The number of anilines is 1. The molecule has 1 saturated heterocycles. The first-order chi connectivity index (χ1) is 13.2. The number of para-hydroxylation sites is 1. The van der Waals surface area contributed by atoms with Crippen LogP contribution in [0.2, 0.25) is 0 Å². The molecule has 2 amide bonds. The molecule has 2 heterocycles. The van der Waals surface area contributed by atoms with Gasteiger partial charge in [0.1, 0.15) is 5.76 Å². The maximum Gasteiger partial charge on any atom is 0.225 e. The zero-order valence-electron chi connectivity index (χ0n) is 15.8. The highest BCUT2D eigenvalue weighted by Crippen LogP contribution is 2.20. The van der Waals surface area contributed by atoms with Crippen LogP contribution in [0.3, 0.4) is 0 Å². The summed E-state index contributed by atoms with van der Waals surface area (Å²) >= 11 is 0. The molecule has 2 aromatic rings. The number of hydrogen-bond donors (Lipinski definition) is 1. The first-order valence-corrected chi connectivity index (χ1v) is 9.55. The fourth-order valence-corrected chi connectivity index (χ4v) is 3.43. The molecule has 0 aliphatic carbocycles. The van der Waals surface area contributed by atoms with Crippen LogP contribution in [-0.4, -0.2) is 42.9 Å². The number of likely N-dealkylation sites (tertiary alicyclic amines) is 1. The van der Waals surface area contributed by atoms with Crippen molar-refractivity contribution < 1.29 is 14.0 Å². The van der Waals surface area contributed by atoms with Crippen LogP contribution in [-0.2, 0) is 16.1 Å². The normalized spacial score (nSPS) is 16.6. The van der Waals surface area contributed by atoms with Crippen molar-refractivity contribution in [3.63, 3.8) is 0 Å². The number of amides is 2. The van der Waals surface area contributed by atoms with E-state index in [4.69, 9.17) is 4.42 Å². The van der Waals surface area contributed by atoms with Crippen molar-refractivity contribution in [1.29, 1.82) is 0 Å². The van der Waals surface area contributed by atoms with Crippen molar-refractivity contribution in [3.05, 3.63) is 54.5 Å². The summed E-state index contributed by atoms with van der Waals surface area (Å²) in [5.41, 5.74) is 1.20. The van der Waals surface area contributed by atoms with E-state index in [1.54, 1.807) is 17.2 Å². The van der Waals surface area contributed by atoms with E-state index < -0.39 is 0 Å². The summed E-state index contributed by atoms with van der Waals surface area (Å²) in [6.07, 6.45) is 2.73. The lowest BCUT2D eigenvalue weighted by Gasteiger charge is -2.23. The molecule has 0 saturated carbocycles. The van der Waals surface area contributed by atoms with Crippen LogP contribution < -0.4 is 10.2 Å². The van der Waals surface area contributed by atoms with Crippen molar-refractivity contribution in [3.8, 4) is 0 Å². The zero-order valence-corrected chi connectivity index (χ0v) is 15.8. The molecule has 1 fully saturated rings. The maximum atomic E-state index is 12.4. The highest BCUT2D eigenvalue weighted by molar-refractivity contribution is 5.89. The van der Waals surface area contributed by atoms with Crippen molar-refractivity contribution >= 4 is 17.5 Å². The minimum atomic E-state index is -0.274. The van der Waals surface area contributed by atoms with E-state index in [0.717, 1.165) is 25.3 Å². The van der Waals surface area contributed by atoms with E-state index >= 15 is 0 Å². The number of carbonyl (C=O) groups excluding carboxylic acids is 2. The standard InChI is InChI=1S/C21H27N3O3/c1-2-23(18-8-4-3-5-9-18)12-7-11-22-21(26)17-14-20(25)24(15-17)16-19-10-6-13-27-19/h3-6,8-10,13,17H,2,7,11-12,14-16H2,1H3,(H,22,26). The van der Waals surface area contributed by atoms with Gasteiger partial charge in [-0.15, -0.1) is 0 Å². The van der Waals surface area contributed by atoms with Crippen molar-refractivity contribution in [1.82, 2.24) is 10.2 Å². The Morgan fingerprint density at radius 3 is 2.78 bits per heavy atom. The van der Waals surface area contributed by atoms with Crippen LogP contribution >= 0.6 is 0 Å². The molecule has 6 nitrogen and oxygen atoms in total. The van der Waals surface area contributed by atoms with E-state index in [1.807, 2.05) is 24.3 Å². The molecule has 1 aromatic heterocycles. The molecule has 1 unspecified atom stereocenters. The molecule has 1 N–H and O–H groups in total. The number of hydrogen-bond acceptors (Lipinski definition) is 4. The molecule has 3 rings (SSSR count). The van der Waals surface area contributed by atoms with Gasteiger partial charge in [-0.2, -0.15) is 0 Å². The van der Waals surface area contributed by atoms with E-state index in [0.29, 0.717) is 19.6 Å². The zero-order chi connectivity index (χ0) is 19.1. The van der Waals surface area contributed by atoms with Crippen LogP contribution in [0.1, 0.15) is 25.5 Å². The smallest absolute Gasteiger partial charge is 0.225 e. The van der Waals surface area contributed by atoms with E-state index in [1.165, 1.54) is 5.69 Å². The van der Waals surface area contributed by atoms with Crippen molar-refractivity contribution in [2.75, 3.05) is 31.1 Å². The summed E-state index contributed by atoms with van der Waals surface area (Å²) < 4.78 is 5.29. The minimum Gasteiger partial charge on any atom is -0.467 e. The Kier molecular flexibility index (Phi) is 6.52. The average molecular weight is 369 g/mol. The largest absolute Gasteiger partial charge is 0.467 e. The summed E-state index contributed by atoms with van der Waals surface area (Å²) in [6.45, 7) is 5.44. The Labute approximate surface area is 160 Å². The number of carbonyl (C=O) groups is 2. The third-order valence-corrected chi connectivity index (χ3v) is 4.92. The van der Waals surface area contributed by atoms with Crippen LogP contribution in [0.4, 0.5) is 5.69 Å². The first kappa shape index (κ1) is 19.0. The van der Waals surface area contributed by atoms with Crippen LogP contribution in [0.25, 0.3) is 0 Å². The van der Waals surface area contributed by atoms with Gasteiger partial charge in [0.25, 0.3) is 0 Å². The number of nitrogens with one attached hydrogen (secondary N) is 1. The highest BCUT2D eigenvalue weighted by Gasteiger charge is 2.34. The SMILES string of the molecule is CCN(CCCNC(=O)C1CC(=O)N(Cc2ccco2)C1)c1ccccc1. The van der Waals surface area contributed by atoms with Crippen molar-refractivity contribution in [2.24, 2.45) is 5.92 Å². The van der Waals surface area contributed by atoms with Gasteiger partial charge in [0.05, 0.1) is 18.7 Å². The Bertz CT molecular complexity index is 730. The van der Waals surface area contributed by atoms with Crippen LogP contribution in [0.5, 0.6) is 0 Å². The van der Waals surface area contributed by atoms with Crippen molar-refractivity contribution in [2.45, 2.75) is 26.3 Å². The molecule has 1 aromatic carbocycles. The molecular weight excluding hydrogens is 342 g/mol. The molecule has 1 atom stereocenters. The number of benzene rings is 1. The van der Waals surface area contributed by atoms with Gasteiger partial charge >= 0.3 is 0 Å². The fraction of sp³-hybridized carbons (Fsp3) is 0.429. The third-order valence-electron chi connectivity index (χ3n) is 4.92. The highest BCUT2D eigenvalue weighted by atomic mass is 16.3. The van der Waals surface area contributed by atoms with Gasteiger partial charge in [-0.25, -0.2) is 0 Å². The summed E-state index contributed by atoms with van der Waals surface area (Å²) in [4.78, 5) is 28.5. The summed E-state index contributed by atoms with van der Waals surface area (Å²) in [5, 5.41) is 2.99. The monoisotopic (exact) mass is 369 g/mol. The molecule has 144 valence electrons. The van der Waals surface area contributed by atoms with Crippen LogP contribution in [0, 0.1) is 5.92 Å². The Morgan fingerprint density at radius 2 is 2.07 bits per heavy atom. The number of nitrogens with zero attached hydrogens (tertiary/aromatic N) is 2. The van der Waals surface area contributed by atoms with Gasteiger partial charge < -0.3 is 19.5 Å². The Balaban J connectivity index is 1.40. The molecule has 0 radical (unpaired) electrons. The third kappa shape index (κ3) is 5.12. The molecular formula is C21H27N3O3. The lowest BCUT2D eigenvalue weighted by atomic mass is 10.1. The number of furan rings is 1. The molecule has 1 aliphatic heterocycles. The van der Waals surface area contributed by atoms with Gasteiger partial charge in [0.15, 0.2) is 0 Å². The summed E-state index contributed by atoms with van der Waals surface area (Å²) in [6, 6.07) is 13.9. The number of rotatable bonds is 9. The topological polar surface area (TPSA) is 65.8 Å². The molecule has 6 heteroatoms. The predicted molar refractivity (Wildman–Crippen MR) is 104 cm³/mol. The first-order valence-electron chi connectivity index (χ1n) is 9.55. The lowest BCUT2D eigenvalue weighted by Crippen LogP contribution is -2.35. The second-order valence-electron chi connectivity index (χ2n) is 6.81. The van der Waals surface area contributed by atoms with E-state index in [-0.39, 0.29) is 24.2 Å².